The van der Waals surface area contributed by atoms with E-state index in [2.05, 4.69) is 15.9 Å². The number of halogens is 5. The lowest BCUT2D eigenvalue weighted by Gasteiger charge is -2.23. The predicted molar refractivity (Wildman–Crippen MR) is 88.1 cm³/mol. The first-order valence-corrected chi connectivity index (χ1v) is 8.46. The molecule has 0 N–H and O–H groups in total. The van der Waals surface area contributed by atoms with Gasteiger partial charge in [0.05, 0.1) is 12.2 Å². The second-order valence-corrected chi connectivity index (χ2v) is 6.21. The zero-order chi connectivity index (χ0) is 17.7. The molecule has 0 aliphatic rings. The molecule has 24 heavy (non-hydrogen) atoms. The average molecular weight is 422 g/mol. The predicted octanol–water partition coefficient (Wildman–Crippen LogP) is 5.18. The van der Waals surface area contributed by atoms with Crippen LogP contribution in [0.3, 0.4) is 0 Å². The Morgan fingerprint density at radius 2 is 1.96 bits per heavy atom. The Bertz CT molecular complexity index is 722. The minimum absolute atomic E-state index is 0.0640. The van der Waals surface area contributed by atoms with Crippen LogP contribution in [0, 0.1) is 11.3 Å². The summed E-state index contributed by atoms with van der Waals surface area (Å²) in [5.41, 5.74) is -0.197. The van der Waals surface area contributed by atoms with Crippen LogP contribution >= 0.6 is 27.5 Å². The van der Waals surface area contributed by atoms with E-state index in [4.69, 9.17) is 21.6 Å². The van der Waals surface area contributed by atoms with E-state index in [1.807, 2.05) is 0 Å². The lowest BCUT2D eigenvalue weighted by Crippen LogP contribution is -2.22. The van der Waals surface area contributed by atoms with E-state index in [0.29, 0.717) is 10.4 Å². The number of ether oxygens (including phenoxy) is 1. The van der Waals surface area contributed by atoms with Crippen LogP contribution < -0.4 is 0 Å². The Balaban J connectivity index is 2.38. The van der Waals surface area contributed by atoms with E-state index in [0.717, 1.165) is 22.4 Å². The van der Waals surface area contributed by atoms with Crippen molar-refractivity contribution >= 4 is 27.5 Å². The largest absolute Gasteiger partial charge is 0.431 e. The fourth-order valence-electron chi connectivity index (χ4n) is 2.25. The molecule has 0 bridgehead atoms. The van der Waals surface area contributed by atoms with Crippen LogP contribution in [0.2, 0.25) is 5.02 Å². The minimum Gasteiger partial charge on any atom is -0.357 e. The topological polar surface area (TPSA) is 38.0 Å². The van der Waals surface area contributed by atoms with Gasteiger partial charge in [-0.1, -0.05) is 39.7 Å². The average Bonchev–Trinajstić information content (AvgIpc) is 2.98. The zero-order valence-electron chi connectivity index (χ0n) is 12.4. The molecule has 0 fully saturated rings. The van der Waals surface area contributed by atoms with Crippen molar-refractivity contribution in [2.45, 2.75) is 18.8 Å². The molecule has 1 aromatic heterocycles. The third kappa shape index (κ3) is 4.76. The van der Waals surface area contributed by atoms with Gasteiger partial charge < -0.3 is 9.30 Å². The Labute approximate surface area is 150 Å². The Kier molecular flexibility index (Phi) is 6.33. The van der Waals surface area contributed by atoms with E-state index < -0.39 is 18.1 Å². The SMILES string of the molecule is N#Cc1cc(C(F)(F)F)n(C(Cc2ccc(Cl)cc2)OCCBr)c1. The van der Waals surface area contributed by atoms with Crippen LogP contribution in [0.15, 0.2) is 36.5 Å². The van der Waals surface area contributed by atoms with Gasteiger partial charge in [-0.15, -0.1) is 0 Å². The zero-order valence-corrected chi connectivity index (χ0v) is 14.7. The summed E-state index contributed by atoms with van der Waals surface area (Å²) in [4.78, 5) is 0. The molecule has 0 aliphatic heterocycles. The van der Waals surface area contributed by atoms with E-state index >= 15 is 0 Å². The second-order valence-electron chi connectivity index (χ2n) is 4.98. The third-order valence-electron chi connectivity index (χ3n) is 3.29. The van der Waals surface area contributed by atoms with E-state index in [1.54, 1.807) is 30.3 Å². The van der Waals surface area contributed by atoms with Crippen LogP contribution in [-0.4, -0.2) is 16.5 Å². The fraction of sp³-hybridized carbons (Fsp3) is 0.312. The summed E-state index contributed by atoms with van der Waals surface area (Å²) in [7, 11) is 0. The molecule has 0 saturated heterocycles. The van der Waals surface area contributed by atoms with Crippen molar-refractivity contribution in [3.63, 3.8) is 0 Å². The summed E-state index contributed by atoms with van der Waals surface area (Å²) in [6.45, 7) is 0.232. The van der Waals surface area contributed by atoms with Gasteiger partial charge in [0, 0.05) is 23.0 Å². The number of alkyl halides is 4. The van der Waals surface area contributed by atoms with Crippen molar-refractivity contribution in [2.24, 2.45) is 0 Å². The highest BCUT2D eigenvalue weighted by molar-refractivity contribution is 9.09. The molecular weight excluding hydrogens is 409 g/mol. The summed E-state index contributed by atoms with van der Waals surface area (Å²) >= 11 is 9.02. The monoisotopic (exact) mass is 420 g/mol. The van der Waals surface area contributed by atoms with E-state index in [9.17, 15) is 13.2 Å². The molecule has 1 unspecified atom stereocenters. The standard InChI is InChI=1S/C16H13BrClF3N2O/c17-5-6-24-15(8-11-1-3-13(18)4-2-11)23-10-12(9-22)7-14(23)16(19,20)21/h1-4,7,10,15H,5-6,8H2. The first kappa shape index (κ1) is 18.8. The quantitative estimate of drug-likeness (QED) is 0.602. The maximum absolute atomic E-state index is 13.3. The van der Waals surface area contributed by atoms with Gasteiger partial charge in [0.2, 0.25) is 0 Å². The lowest BCUT2D eigenvalue weighted by molar-refractivity contribution is -0.148. The number of hydrogen-bond donors (Lipinski definition) is 0. The van der Waals surface area contributed by atoms with Gasteiger partial charge in [-0.2, -0.15) is 18.4 Å². The Hall–Kier alpha value is -1.49. The van der Waals surface area contributed by atoms with Gasteiger partial charge in [0.15, 0.2) is 0 Å². The normalized spacial score (nSPS) is 12.8. The number of nitrogens with zero attached hydrogens (tertiary/aromatic N) is 2. The van der Waals surface area contributed by atoms with Gasteiger partial charge in [0.25, 0.3) is 0 Å². The Morgan fingerprint density at radius 3 is 2.50 bits per heavy atom. The molecule has 128 valence electrons. The maximum atomic E-state index is 13.3. The molecular formula is C16H13BrClF3N2O. The van der Waals surface area contributed by atoms with Crippen molar-refractivity contribution in [3.8, 4) is 6.07 Å². The van der Waals surface area contributed by atoms with Gasteiger partial charge in [0.1, 0.15) is 18.0 Å². The molecule has 3 nitrogen and oxygen atoms in total. The molecule has 8 heteroatoms. The third-order valence-corrected chi connectivity index (χ3v) is 3.87. The molecule has 0 radical (unpaired) electrons. The van der Waals surface area contributed by atoms with Crippen LogP contribution in [0.1, 0.15) is 23.0 Å². The number of nitriles is 1. The highest BCUT2D eigenvalue weighted by Crippen LogP contribution is 2.34. The molecule has 1 aromatic carbocycles. The van der Waals surface area contributed by atoms with E-state index in [-0.39, 0.29) is 18.6 Å². The number of rotatable bonds is 6. The number of aromatic nitrogens is 1. The number of benzene rings is 1. The van der Waals surface area contributed by atoms with Gasteiger partial charge >= 0.3 is 6.18 Å². The van der Waals surface area contributed by atoms with Crippen molar-refractivity contribution in [3.05, 3.63) is 58.4 Å². The molecule has 0 saturated carbocycles. The van der Waals surface area contributed by atoms with Crippen molar-refractivity contribution in [2.75, 3.05) is 11.9 Å². The molecule has 0 amide bonds. The minimum atomic E-state index is -4.58. The van der Waals surface area contributed by atoms with Crippen LogP contribution in [-0.2, 0) is 17.3 Å². The van der Waals surface area contributed by atoms with Crippen molar-refractivity contribution < 1.29 is 17.9 Å². The smallest absolute Gasteiger partial charge is 0.357 e. The molecule has 1 heterocycles. The highest BCUT2D eigenvalue weighted by atomic mass is 79.9. The molecule has 0 spiro atoms. The summed E-state index contributed by atoms with van der Waals surface area (Å²) in [5.74, 6) is 0. The maximum Gasteiger partial charge on any atom is 0.431 e. The molecule has 0 aliphatic carbocycles. The first-order valence-electron chi connectivity index (χ1n) is 6.96. The van der Waals surface area contributed by atoms with Gasteiger partial charge in [-0.05, 0) is 23.8 Å². The van der Waals surface area contributed by atoms with E-state index in [1.165, 1.54) is 0 Å². The van der Waals surface area contributed by atoms with Crippen LogP contribution in [0.4, 0.5) is 13.2 Å². The molecule has 2 aromatic rings. The van der Waals surface area contributed by atoms with Gasteiger partial charge in [-0.25, -0.2) is 0 Å². The van der Waals surface area contributed by atoms with Crippen LogP contribution in [0.5, 0.6) is 0 Å². The first-order chi connectivity index (χ1) is 11.3. The summed E-state index contributed by atoms with van der Waals surface area (Å²) in [6.07, 6.45) is -4.09. The second kappa shape index (κ2) is 8.06. The molecule has 2 rings (SSSR count). The van der Waals surface area contributed by atoms with Gasteiger partial charge in [-0.3, -0.25) is 0 Å². The number of hydrogen-bond acceptors (Lipinski definition) is 2. The van der Waals surface area contributed by atoms with Crippen LogP contribution in [0.25, 0.3) is 0 Å². The summed E-state index contributed by atoms with van der Waals surface area (Å²) < 4.78 is 46.3. The summed E-state index contributed by atoms with van der Waals surface area (Å²) in [5, 5.41) is 9.95. The fourth-order valence-corrected chi connectivity index (χ4v) is 2.56. The van der Waals surface area contributed by atoms with Crippen molar-refractivity contribution in [1.82, 2.24) is 4.57 Å². The Morgan fingerprint density at radius 1 is 1.29 bits per heavy atom. The van der Waals surface area contributed by atoms with Crippen molar-refractivity contribution in [1.29, 1.82) is 5.26 Å². The lowest BCUT2D eigenvalue weighted by atomic mass is 10.1. The highest BCUT2D eigenvalue weighted by Gasteiger charge is 2.36. The molecule has 1 atom stereocenters. The summed E-state index contributed by atoms with van der Waals surface area (Å²) in [6, 6.07) is 9.36.